The Kier molecular flexibility index (Phi) is 4.88. The molecule has 3 N–H and O–H groups in total. The lowest BCUT2D eigenvalue weighted by atomic mass is 9.87. The first-order valence-corrected chi connectivity index (χ1v) is 10.3. The highest BCUT2D eigenvalue weighted by atomic mass is 19.1. The van der Waals surface area contributed by atoms with Crippen LogP contribution >= 0.6 is 0 Å². The topological polar surface area (TPSA) is 90.0 Å². The number of hydrogen-bond donors (Lipinski definition) is 3. The van der Waals surface area contributed by atoms with Crippen molar-refractivity contribution in [2.24, 2.45) is 0 Å². The average molecular weight is 418 g/mol. The Morgan fingerprint density at radius 3 is 2.77 bits per heavy atom. The van der Waals surface area contributed by atoms with Crippen molar-refractivity contribution in [3.63, 3.8) is 0 Å². The SMILES string of the molecule is C[C@](O)(c1ccccc1)[C@@H]1CN(c2ccc(F)c(-c3n[nH]c4ncccc34)n2)CCN1. The molecule has 4 aromatic rings. The predicted molar refractivity (Wildman–Crippen MR) is 117 cm³/mol. The molecular formula is C23H23FN6O. The Labute approximate surface area is 179 Å². The molecule has 5 rings (SSSR count). The van der Waals surface area contributed by atoms with E-state index >= 15 is 0 Å². The fourth-order valence-electron chi connectivity index (χ4n) is 4.12. The number of nitrogens with zero attached hydrogens (tertiary/aromatic N) is 4. The molecule has 0 saturated carbocycles. The molecule has 1 aliphatic rings. The van der Waals surface area contributed by atoms with Gasteiger partial charge in [0.15, 0.2) is 11.5 Å². The molecule has 2 atom stereocenters. The minimum atomic E-state index is -1.06. The first-order chi connectivity index (χ1) is 15.0. The Hall–Kier alpha value is -3.36. The van der Waals surface area contributed by atoms with Crippen LogP contribution < -0.4 is 10.2 Å². The quantitative estimate of drug-likeness (QED) is 0.472. The zero-order valence-electron chi connectivity index (χ0n) is 17.1. The van der Waals surface area contributed by atoms with Crippen molar-refractivity contribution in [2.75, 3.05) is 24.5 Å². The van der Waals surface area contributed by atoms with E-state index in [2.05, 4.69) is 30.4 Å². The second kappa shape index (κ2) is 7.72. The summed E-state index contributed by atoms with van der Waals surface area (Å²) in [6.45, 7) is 3.72. The van der Waals surface area contributed by atoms with E-state index in [9.17, 15) is 9.50 Å². The summed E-state index contributed by atoms with van der Waals surface area (Å²) < 4.78 is 14.7. The van der Waals surface area contributed by atoms with E-state index in [1.807, 2.05) is 43.3 Å². The van der Waals surface area contributed by atoms with Gasteiger partial charge in [-0.15, -0.1) is 0 Å². The van der Waals surface area contributed by atoms with E-state index in [1.54, 1.807) is 18.3 Å². The van der Waals surface area contributed by atoms with Crippen molar-refractivity contribution in [3.05, 3.63) is 72.2 Å². The van der Waals surface area contributed by atoms with Crippen molar-refractivity contribution in [2.45, 2.75) is 18.6 Å². The summed E-state index contributed by atoms with van der Waals surface area (Å²) in [5.41, 5.74) is 0.988. The van der Waals surface area contributed by atoms with Crippen molar-refractivity contribution in [3.8, 4) is 11.4 Å². The fourth-order valence-corrected chi connectivity index (χ4v) is 4.12. The number of aromatic amines is 1. The van der Waals surface area contributed by atoms with Crippen LogP contribution in [0.2, 0.25) is 0 Å². The van der Waals surface area contributed by atoms with Crippen LogP contribution in [-0.2, 0) is 5.60 Å². The predicted octanol–water partition coefficient (Wildman–Crippen LogP) is 2.84. The van der Waals surface area contributed by atoms with Gasteiger partial charge >= 0.3 is 0 Å². The van der Waals surface area contributed by atoms with E-state index in [0.29, 0.717) is 36.8 Å². The first-order valence-electron chi connectivity index (χ1n) is 10.3. The highest BCUT2D eigenvalue weighted by Gasteiger charge is 2.37. The highest BCUT2D eigenvalue weighted by Crippen LogP contribution is 2.30. The molecule has 0 radical (unpaired) electrons. The Balaban J connectivity index is 1.46. The van der Waals surface area contributed by atoms with E-state index in [0.717, 1.165) is 10.9 Å². The maximum atomic E-state index is 14.7. The summed E-state index contributed by atoms with van der Waals surface area (Å²) in [7, 11) is 0. The molecule has 3 aromatic heterocycles. The molecule has 158 valence electrons. The lowest BCUT2D eigenvalue weighted by Gasteiger charge is -2.42. The van der Waals surface area contributed by atoms with Crippen LogP contribution in [0, 0.1) is 5.82 Å². The second-order valence-electron chi connectivity index (χ2n) is 7.94. The van der Waals surface area contributed by atoms with Crippen LogP contribution in [0.4, 0.5) is 10.2 Å². The zero-order valence-corrected chi connectivity index (χ0v) is 17.1. The number of halogens is 1. The molecule has 31 heavy (non-hydrogen) atoms. The van der Waals surface area contributed by atoms with Crippen LogP contribution in [0.25, 0.3) is 22.4 Å². The van der Waals surface area contributed by atoms with Gasteiger partial charge in [-0.1, -0.05) is 30.3 Å². The molecule has 0 bridgehead atoms. The van der Waals surface area contributed by atoms with E-state index in [4.69, 9.17) is 0 Å². The molecule has 1 aliphatic heterocycles. The van der Waals surface area contributed by atoms with Gasteiger partial charge in [0.25, 0.3) is 0 Å². The molecular weight excluding hydrogens is 395 g/mol. The number of pyridine rings is 2. The maximum Gasteiger partial charge on any atom is 0.155 e. The standard InChI is InChI=1S/C23H23FN6O/c1-23(31,15-6-3-2-4-7-15)18-14-30(13-12-25-18)19-10-9-17(24)21(27-19)20-16-8-5-11-26-22(16)29-28-20/h2-11,18,25,31H,12-14H2,1H3,(H,26,28,29)/t18-,23-/m0/s1. The number of H-pyrrole nitrogens is 1. The molecule has 0 aliphatic carbocycles. The minimum absolute atomic E-state index is 0.182. The molecule has 1 saturated heterocycles. The number of nitrogens with one attached hydrogen (secondary N) is 2. The summed E-state index contributed by atoms with van der Waals surface area (Å²) >= 11 is 0. The summed E-state index contributed by atoms with van der Waals surface area (Å²) in [6.07, 6.45) is 1.66. The lowest BCUT2D eigenvalue weighted by Crippen LogP contribution is -2.59. The number of aliphatic hydroxyl groups is 1. The Morgan fingerprint density at radius 2 is 1.94 bits per heavy atom. The zero-order chi connectivity index (χ0) is 21.4. The van der Waals surface area contributed by atoms with Crippen molar-refractivity contribution in [1.29, 1.82) is 0 Å². The van der Waals surface area contributed by atoms with Gasteiger partial charge in [0.2, 0.25) is 0 Å². The van der Waals surface area contributed by atoms with Gasteiger partial charge in [0, 0.05) is 31.2 Å². The molecule has 1 fully saturated rings. The third-order valence-electron chi connectivity index (χ3n) is 5.93. The van der Waals surface area contributed by atoms with Crippen molar-refractivity contribution >= 4 is 16.9 Å². The summed E-state index contributed by atoms with van der Waals surface area (Å²) in [5.74, 6) is 0.204. The van der Waals surface area contributed by atoms with Crippen LogP contribution in [0.15, 0.2) is 60.8 Å². The molecule has 0 amide bonds. The highest BCUT2D eigenvalue weighted by molar-refractivity contribution is 5.89. The van der Waals surface area contributed by atoms with Gasteiger partial charge in [-0.05, 0) is 36.8 Å². The molecule has 0 spiro atoms. The number of aromatic nitrogens is 4. The van der Waals surface area contributed by atoms with Crippen molar-refractivity contribution in [1.82, 2.24) is 25.5 Å². The van der Waals surface area contributed by atoms with Crippen LogP contribution in [0.3, 0.4) is 0 Å². The lowest BCUT2D eigenvalue weighted by molar-refractivity contribution is 0.0138. The van der Waals surface area contributed by atoms with Gasteiger partial charge in [0.1, 0.15) is 22.8 Å². The van der Waals surface area contributed by atoms with Gasteiger partial charge in [-0.25, -0.2) is 14.4 Å². The summed E-state index contributed by atoms with van der Waals surface area (Å²) in [4.78, 5) is 10.9. The van der Waals surface area contributed by atoms with Crippen LogP contribution in [-0.4, -0.2) is 50.9 Å². The number of piperazine rings is 1. The molecule has 7 nitrogen and oxygen atoms in total. The smallest absolute Gasteiger partial charge is 0.155 e. The third kappa shape index (κ3) is 3.54. The normalized spacial score (nSPS) is 18.8. The van der Waals surface area contributed by atoms with Gasteiger partial charge in [-0.2, -0.15) is 5.10 Å². The first kappa shape index (κ1) is 19.6. The minimum Gasteiger partial charge on any atom is -0.384 e. The summed E-state index contributed by atoms with van der Waals surface area (Å²) in [5, 5.41) is 22.5. The average Bonchev–Trinajstić information content (AvgIpc) is 3.24. The maximum absolute atomic E-state index is 14.7. The number of fused-ring (bicyclic) bond motifs is 1. The van der Waals surface area contributed by atoms with Gasteiger partial charge in [0.05, 0.1) is 6.04 Å². The molecule has 4 heterocycles. The van der Waals surface area contributed by atoms with E-state index < -0.39 is 11.4 Å². The van der Waals surface area contributed by atoms with E-state index in [1.165, 1.54) is 6.07 Å². The van der Waals surface area contributed by atoms with Gasteiger partial charge in [-0.3, -0.25) is 5.10 Å². The summed E-state index contributed by atoms with van der Waals surface area (Å²) in [6, 6.07) is 16.1. The number of hydrogen-bond acceptors (Lipinski definition) is 6. The Morgan fingerprint density at radius 1 is 1.10 bits per heavy atom. The molecule has 0 unspecified atom stereocenters. The number of rotatable bonds is 4. The fraction of sp³-hybridized carbons (Fsp3) is 0.261. The van der Waals surface area contributed by atoms with Gasteiger partial charge < -0.3 is 15.3 Å². The van der Waals surface area contributed by atoms with E-state index in [-0.39, 0.29) is 11.7 Å². The third-order valence-corrected chi connectivity index (χ3v) is 5.93. The number of benzene rings is 1. The largest absolute Gasteiger partial charge is 0.384 e. The molecule has 8 heteroatoms. The van der Waals surface area contributed by atoms with Crippen LogP contribution in [0.1, 0.15) is 12.5 Å². The number of anilines is 1. The monoisotopic (exact) mass is 418 g/mol. The Bertz CT molecular complexity index is 1210. The van der Waals surface area contributed by atoms with Crippen molar-refractivity contribution < 1.29 is 9.50 Å². The molecule has 1 aromatic carbocycles. The van der Waals surface area contributed by atoms with Crippen LogP contribution in [0.5, 0.6) is 0 Å². The second-order valence-corrected chi connectivity index (χ2v) is 7.94.